The zero-order chi connectivity index (χ0) is 30.2. The number of rotatable bonds is 13. The van der Waals surface area contributed by atoms with Crippen molar-refractivity contribution in [3.8, 4) is 5.75 Å². The zero-order valence-corrected chi connectivity index (χ0v) is 25.6. The van der Waals surface area contributed by atoms with Crippen LogP contribution in [-0.2, 0) is 41.6 Å². The van der Waals surface area contributed by atoms with Gasteiger partial charge in [0.05, 0.1) is 6.04 Å². The quantitative estimate of drug-likeness (QED) is 0.184. The molecule has 0 saturated heterocycles. The zero-order valence-electron chi connectivity index (χ0n) is 25.6. The minimum absolute atomic E-state index is 0.155. The summed E-state index contributed by atoms with van der Waals surface area (Å²) in [6.07, 6.45) is 4.76. The number of carboxylic acid groups (broad SMARTS) is 1. The Morgan fingerprint density at radius 3 is 2.12 bits per heavy atom. The maximum atomic E-state index is 11.3. The van der Waals surface area contributed by atoms with Gasteiger partial charge in [0.2, 0.25) is 0 Å². The lowest BCUT2D eigenvalue weighted by molar-refractivity contribution is -0.148. The average Bonchev–Trinajstić information content (AvgIpc) is 3.17. The van der Waals surface area contributed by atoms with Gasteiger partial charge in [0.15, 0.2) is 6.10 Å². The third kappa shape index (κ3) is 7.73. The highest BCUT2D eigenvalue weighted by molar-refractivity contribution is 5.72. The second-order valence-electron chi connectivity index (χ2n) is 11.6. The van der Waals surface area contributed by atoms with Crippen LogP contribution in [0.2, 0.25) is 0 Å². The molecule has 0 saturated carbocycles. The molecule has 1 aliphatic carbocycles. The van der Waals surface area contributed by atoms with Gasteiger partial charge in [0.1, 0.15) is 12.4 Å². The third-order valence-electron chi connectivity index (χ3n) is 8.52. The van der Waals surface area contributed by atoms with E-state index in [-0.39, 0.29) is 6.04 Å². The van der Waals surface area contributed by atoms with Crippen LogP contribution in [0.4, 0.5) is 0 Å². The molecule has 4 aromatic rings. The number of likely N-dealkylation sites (N-methyl/N-ethyl adjacent to an activating group) is 1. The molecular weight excluding hydrogens is 534 g/mol. The maximum absolute atomic E-state index is 11.3. The number of carbonyl (C=O) groups is 1. The van der Waals surface area contributed by atoms with Crippen LogP contribution in [-0.4, -0.2) is 49.4 Å². The molecule has 5 rings (SSSR count). The van der Waals surface area contributed by atoms with E-state index in [9.17, 15) is 9.90 Å². The Hall–Kier alpha value is -3.93. The number of methoxy groups -OCH3 is 1. The lowest BCUT2D eigenvalue weighted by atomic mass is 9.90. The summed E-state index contributed by atoms with van der Waals surface area (Å²) in [6.45, 7) is 3.55. The van der Waals surface area contributed by atoms with Crippen LogP contribution >= 0.6 is 0 Å². The van der Waals surface area contributed by atoms with Crippen LogP contribution in [0.15, 0.2) is 91.0 Å². The average molecular weight is 578 g/mol. The number of aliphatic carboxylic acids is 1. The molecule has 0 radical (unpaired) electrons. The Morgan fingerprint density at radius 1 is 0.860 bits per heavy atom. The van der Waals surface area contributed by atoms with Gasteiger partial charge in [-0.15, -0.1) is 0 Å². The Kier molecular flexibility index (Phi) is 10.3. The number of aryl methyl sites for hydroxylation is 3. The number of hydrogen-bond acceptors (Lipinski definition) is 4. The normalized spacial score (nSPS) is 14.9. The van der Waals surface area contributed by atoms with E-state index in [1.165, 1.54) is 46.1 Å². The minimum Gasteiger partial charge on any atom is -0.492 e. The molecule has 4 aromatic carbocycles. The number of fused-ring (bicyclic) bond motifs is 2. The van der Waals surface area contributed by atoms with E-state index in [2.05, 4.69) is 85.6 Å². The van der Waals surface area contributed by atoms with Crippen LogP contribution in [0.25, 0.3) is 0 Å². The minimum atomic E-state index is -0.957. The van der Waals surface area contributed by atoms with Gasteiger partial charge in [-0.25, -0.2) is 4.79 Å². The van der Waals surface area contributed by atoms with Gasteiger partial charge in [-0.3, -0.25) is 4.90 Å². The molecule has 5 nitrogen and oxygen atoms in total. The van der Waals surface area contributed by atoms with E-state index in [1.54, 1.807) is 0 Å². The van der Waals surface area contributed by atoms with E-state index >= 15 is 0 Å². The second-order valence-corrected chi connectivity index (χ2v) is 11.6. The van der Waals surface area contributed by atoms with Gasteiger partial charge >= 0.3 is 5.97 Å². The molecular formula is C38H43NO4. The van der Waals surface area contributed by atoms with Gasteiger partial charge in [-0.05, 0) is 89.4 Å². The highest BCUT2D eigenvalue weighted by Crippen LogP contribution is 2.37. The summed E-state index contributed by atoms with van der Waals surface area (Å²) >= 11 is 0. The first-order valence-corrected chi connectivity index (χ1v) is 15.4. The van der Waals surface area contributed by atoms with Crippen molar-refractivity contribution in [3.05, 3.63) is 136 Å². The summed E-state index contributed by atoms with van der Waals surface area (Å²) in [4.78, 5) is 13.7. The van der Waals surface area contributed by atoms with Gasteiger partial charge in [0, 0.05) is 20.1 Å². The van der Waals surface area contributed by atoms with Crippen molar-refractivity contribution in [1.29, 1.82) is 0 Å². The van der Waals surface area contributed by atoms with Crippen molar-refractivity contribution < 1.29 is 19.4 Å². The van der Waals surface area contributed by atoms with Crippen molar-refractivity contribution in [1.82, 2.24) is 4.90 Å². The van der Waals surface area contributed by atoms with Crippen molar-refractivity contribution in [2.45, 2.75) is 57.6 Å². The van der Waals surface area contributed by atoms with Gasteiger partial charge in [-0.2, -0.15) is 0 Å². The third-order valence-corrected chi connectivity index (χ3v) is 8.52. The molecule has 0 aliphatic heterocycles. The fraction of sp³-hybridized carbons (Fsp3) is 0.342. The summed E-state index contributed by atoms with van der Waals surface area (Å²) in [6, 6.07) is 32.7. The van der Waals surface area contributed by atoms with E-state index in [0.717, 1.165) is 50.0 Å². The molecule has 5 heteroatoms. The van der Waals surface area contributed by atoms with Crippen LogP contribution in [0.1, 0.15) is 63.9 Å². The largest absolute Gasteiger partial charge is 0.492 e. The standard InChI is InChI=1S/C38H43NO4/c1-4-8-27-13-19-34-31(24-27)15-16-32-25-30(23-28-9-6-5-7-10-28)14-20-35(32)37(34)39(2)21-22-43-33-17-11-29(12-18-33)26-36(42-3)38(40)41/h5-7,9-14,17-20,24-25,36-37H,4,8,15-16,21-23,26H2,1-3H3,(H,40,41). The fourth-order valence-electron chi connectivity index (χ4n) is 6.23. The summed E-state index contributed by atoms with van der Waals surface area (Å²) < 4.78 is 11.2. The smallest absolute Gasteiger partial charge is 0.333 e. The number of ether oxygens (including phenoxy) is 2. The Labute approximate surface area is 256 Å². The molecule has 224 valence electrons. The molecule has 1 N–H and O–H groups in total. The van der Waals surface area contributed by atoms with Gasteiger partial charge < -0.3 is 14.6 Å². The molecule has 43 heavy (non-hydrogen) atoms. The van der Waals surface area contributed by atoms with Crippen LogP contribution in [0.3, 0.4) is 0 Å². The molecule has 2 unspecified atom stereocenters. The Bertz CT molecular complexity index is 1500. The van der Waals surface area contributed by atoms with Gasteiger partial charge in [0.25, 0.3) is 0 Å². The summed E-state index contributed by atoms with van der Waals surface area (Å²) in [5.41, 5.74) is 10.7. The molecule has 0 heterocycles. The van der Waals surface area contributed by atoms with Crippen LogP contribution in [0.5, 0.6) is 5.75 Å². The van der Waals surface area contributed by atoms with E-state index in [1.807, 2.05) is 24.3 Å². The highest BCUT2D eigenvalue weighted by atomic mass is 16.5. The van der Waals surface area contributed by atoms with Crippen LogP contribution < -0.4 is 4.74 Å². The predicted octanol–water partition coefficient (Wildman–Crippen LogP) is 7.07. The summed E-state index contributed by atoms with van der Waals surface area (Å²) in [5.74, 6) is -0.181. The molecule has 1 aliphatic rings. The lowest BCUT2D eigenvalue weighted by Crippen LogP contribution is -2.30. The Morgan fingerprint density at radius 2 is 1.49 bits per heavy atom. The molecule has 0 spiro atoms. The topological polar surface area (TPSA) is 59.0 Å². The number of hydrogen-bond donors (Lipinski definition) is 1. The molecule has 0 bridgehead atoms. The van der Waals surface area contributed by atoms with Crippen molar-refractivity contribution in [3.63, 3.8) is 0 Å². The highest BCUT2D eigenvalue weighted by Gasteiger charge is 2.27. The Balaban J connectivity index is 1.33. The van der Waals surface area contributed by atoms with Crippen LogP contribution in [0, 0.1) is 0 Å². The van der Waals surface area contributed by atoms with E-state index in [0.29, 0.717) is 13.0 Å². The second kappa shape index (κ2) is 14.5. The first-order valence-electron chi connectivity index (χ1n) is 15.4. The molecule has 0 amide bonds. The SMILES string of the molecule is CCCc1ccc2c(c1)CCc1cc(Cc3ccccc3)ccc1C2N(C)CCOc1ccc(CC(OC)C(=O)O)cc1. The van der Waals surface area contributed by atoms with Gasteiger partial charge in [-0.1, -0.05) is 92.2 Å². The number of nitrogens with zero attached hydrogens (tertiary/aromatic N) is 1. The monoisotopic (exact) mass is 577 g/mol. The van der Waals surface area contributed by atoms with E-state index < -0.39 is 12.1 Å². The van der Waals surface area contributed by atoms with Crippen molar-refractivity contribution in [2.75, 3.05) is 27.3 Å². The van der Waals surface area contributed by atoms with E-state index in [4.69, 9.17) is 9.47 Å². The molecule has 0 fully saturated rings. The lowest BCUT2D eigenvalue weighted by Gasteiger charge is -2.31. The molecule has 2 atom stereocenters. The van der Waals surface area contributed by atoms with Crippen molar-refractivity contribution >= 4 is 5.97 Å². The first-order chi connectivity index (χ1) is 20.9. The summed E-state index contributed by atoms with van der Waals surface area (Å²) in [7, 11) is 3.62. The first kappa shape index (κ1) is 30.5. The maximum Gasteiger partial charge on any atom is 0.333 e. The number of carboxylic acids is 1. The molecule has 0 aromatic heterocycles. The van der Waals surface area contributed by atoms with Crippen molar-refractivity contribution in [2.24, 2.45) is 0 Å². The predicted molar refractivity (Wildman–Crippen MR) is 172 cm³/mol. The number of benzene rings is 4. The fourth-order valence-corrected chi connectivity index (χ4v) is 6.23. The summed E-state index contributed by atoms with van der Waals surface area (Å²) in [5, 5.41) is 9.26.